The molecule has 3 aromatic rings. The van der Waals surface area contributed by atoms with Crippen molar-refractivity contribution < 1.29 is 14.3 Å². The van der Waals surface area contributed by atoms with E-state index in [9.17, 15) is 9.59 Å². The summed E-state index contributed by atoms with van der Waals surface area (Å²) in [7, 11) is 1.48. The Bertz CT molecular complexity index is 1490. The molecule has 11 nitrogen and oxygen atoms in total. The van der Waals surface area contributed by atoms with Crippen molar-refractivity contribution in [1.82, 2.24) is 29.9 Å². The van der Waals surface area contributed by atoms with E-state index in [0.29, 0.717) is 5.69 Å². The van der Waals surface area contributed by atoms with Gasteiger partial charge in [0.1, 0.15) is 12.2 Å². The molecule has 3 atom stereocenters. The van der Waals surface area contributed by atoms with E-state index in [1.807, 2.05) is 0 Å². The summed E-state index contributed by atoms with van der Waals surface area (Å²) in [5.41, 5.74) is 4.23. The largest absolute Gasteiger partial charge is 0.469 e. The van der Waals surface area contributed by atoms with Crippen molar-refractivity contribution in [3.05, 3.63) is 51.3 Å². The van der Waals surface area contributed by atoms with Crippen molar-refractivity contribution in [3.8, 4) is 0 Å². The smallest absolute Gasteiger partial charge is 0.311 e. The second kappa shape index (κ2) is 11.8. The highest BCUT2D eigenvalue weighted by Gasteiger charge is 2.56. The Morgan fingerprint density at radius 3 is 2.57 bits per heavy atom. The number of esters is 1. The molecule has 0 bridgehead atoms. The van der Waals surface area contributed by atoms with Gasteiger partial charge >= 0.3 is 5.97 Å². The zero-order chi connectivity index (χ0) is 30.2. The van der Waals surface area contributed by atoms with Gasteiger partial charge in [0.25, 0.3) is 0 Å². The lowest BCUT2D eigenvalue weighted by Gasteiger charge is -2.54. The third kappa shape index (κ3) is 5.68. The number of hydrogen-bond acceptors (Lipinski definition) is 9. The summed E-state index contributed by atoms with van der Waals surface area (Å²) in [5, 5.41) is 14.4. The zero-order valence-electron chi connectivity index (χ0n) is 24.5. The molecule has 2 aliphatic carbocycles. The van der Waals surface area contributed by atoms with Gasteiger partial charge in [0, 0.05) is 5.69 Å². The van der Waals surface area contributed by atoms with Crippen LogP contribution in [0.25, 0.3) is 0 Å². The van der Waals surface area contributed by atoms with Crippen molar-refractivity contribution in [3.63, 3.8) is 0 Å². The van der Waals surface area contributed by atoms with E-state index in [1.54, 1.807) is 6.20 Å². The van der Waals surface area contributed by atoms with Crippen molar-refractivity contribution in [2.75, 3.05) is 17.7 Å². The van der Waals surface area contributed by atoms with Crippen LogP contribution in [0.4, 0.5) is 11.6 Å². The van der Waals surface area contributed by atoms with Crippen LogP contribution in [0, 0.1) is 11.3 Å². The Balaban J connectivity index is 1.35. The normalized spacial score (nSPS) is 23.2. The van der Waals surface area contributed by atoms with Gasteiger partial charge in [-0.05, 0) is 89.8 Å². The van der Waals surface area contributed by atoms with Crippen molar-refractivity contribution in [2.24, 2.45) is 11.3 Å². The Morgan fingerprint density at radius 1 is 1.14 bits per heavy atom. The fourth-order valence-corrected chi connectivity index (χ4v) is 7.45. The molecule has 0 radical (unpaired) electrons. The second-order valence-corrected chi connectivity index (χ2v) is 12.7. The molecule has 2 heterocycles. The molecular weight excluding hydrogens is 579 g/mol. The topological polar surface area (TPSA) is 137 Å². The molecule has 1 fully saturated rings. The number of methoxy groups -OCH3 is 1. The van der Waals surface area contributed by atoms with Crippen molar-refractivity contribution >= 4 is 46.7 Å². The molecule has 42 heavy (non-hydrogen) atoms. The lowest BCUT2D eigenvalue weighted by molar-refractivity contribution is -0.161. The first-order valence-electron chi connectivity index (χ1n) is 14.2. The number of carbonyl (C=O) groups excluding carboxylic acids is 2. The molecule has 224 valence electrons. The molecule has 0 unspecified atom stereocenters. The lowest BCUT2D eigenvalue weighted by atomic mass is 9.49. The Labute approximate surface area is 255 Å². The van der Waals surface area contributed by atoms with E-state index in [4.69, 9.17) is 27.9 Å². The van der Waals surface area contributed by atoms with Crippen molar-refractivity contribution in [2.45, 2.75) is 84.2 Å². The molecule has 0 saturated heterocycles. The molecule has 0 aliphatic heterocycles. The van der Waals surface area contributed by atoms with Gasteiger partial charge in [-0.2, -0.15) is 15.0 Å². The molecule has 2 N–H and O–H groups in total. The standard InChI is InChI=1S/C29H36Cl2N8O3/c1-16(2)18-7-9-20-19(8-10-21-28(20,3)11-6-12-29(21,4)24(41)42-5)23(18)33-22(40)15-39-14-17(37-38-39)13-32-27-35-25(30)34-26(31)36-27/h7,9,14,16,21H,6,8,10-13,15H2,1-5H3,(H,33,40)(H,32,34,35,36)/t21-,28-,29-/m1/s1. The highest BCUT2D eigenvalue weighted by molar-refractivity contribution is 6.31. The summed E-state index contributed by atoms with van der Waals surface area (Å²) in [4.78, 5) is 38.0. The summed E-state index contributed by atoms with van der Waals surface area (Å²) in [5.74, 6) is 0.268. The monoisotopic (exact) mass is 614 g/mol. The average Bonchev–Trinajstić information content (AvgIpc) is 3.37. The number of ether oxygens (including phenoxy) is 1. The first kappa shape index (κ1) is 30.2. The van der Waals surface area contributed by atoms with Crippen LogP contribution in [0.5, 0.6) is 0 Å². The Hall–Kier alpha value is -3.31. The molecule has 13 heteroatoms. The summed E-state index contributed by atoms with van der Waals surface area (Å²) in [6, 6.07) is 4.36. The molecule has 2 aliphatic rings. The number of aromatic nitrogens is 6. The van der Waals surface area contributed by atoms with Crippen LogP contribution in [-0.4, -0.2) is 48.9 Å². The van der Waals surface area contributed by atoms with E-state index in [0.717, 1.165) is 43.4 Å². The number of anilines is 2. The molecule has 1 saturated carbocycles. The van der Waals surface area contributed by atoms with Gasteiger partial charge < -0.3 is 15.4 Å². The number of amides is 1. The number of rotatable bonds is 8. The molecule has 1 aromatic carbocycles. The maximum Gasteiger partial charge on any atom is 0.311 e. The maximum atomic E-state index is 13.4. The average molecular weight is 616 g/mol. The summed E-state index contributed by atoms with van der Waals surface area (Å²) < 4.78 is 6.77. The molecule has 1 amide bonds. The van der Waals surface area contributed by atoms with E-state index >= 15 is 0 Å². The highest BCUT2D eigenvalue weighted by Crippen LogP contribution is 2.58. The van der Waals surface area contributed by atoms with E-state index in [-0.39, 0.29) is 58.7 Å². The Kier molecular flexibility index (Phi) is 8.44. The van der Waals surface area contributed by atoms with Gasteiger partial charge in [0.05, 0.1) is 25.3 Å². The number of nitrogens with zero attached hydrogens (tertiary/aromatic N) is 6. The minimum atomic E-state index is -0.527. The molecule has 0 spiro atoms. The number of carbonyl (C=O) groups is 2. The highest BCUT2D eigenvalue weighted by atomic mass is 35.5. The minimum Gasteiger partial charge on any atom is -0.469 e. The SMILES string of the molecule is COC(=O)[C@]1(C)CCC[C@]2(C)c3ccc(C(C)C)c(NC(=O)Cn4cc(CNc5nc(Cl)nc(Cl)n5)nn4)c3CC[C@@H]12. The van der Waals surface area contributed by atoms with Crippen LogP contribution in [-0.2, 0) is 39.3 Å². The minimum absolute atomic E-state index is 0.00206. The van der Waals surface area contributed by atoms with Gasteiger partial charge in [0.15, 0.2) is 0 Å². The van der Waals surface area contributed by atoms with Crippen LogP contribution < -0.4 is 10.6 Å². The maximum absolute atomic E-state index is 13.4. The van der Waals surface area contributed by atoms with Gasteiger partial charge in [0.2, 0.25) is 22.4 Å². The molecule has 5 rings (SSSR count). The number of hydrogen-bond donors (Lipinski definition) is 2. The van der Waals surface area contributed by atoms with Crippen LogP contribution in [0.1, 0.15) is 81.7 Å². The zero-order valence-corrected chi connectivity index (χ0v) is 26.0. The summed E-state index contributed by atoms with van der Waals surface area (Å²) in [6.45, 7) is 8.85. The third-order valence-electron chi connectivity index (χ3n) is 9.01. The number of fused-ring (bicyclic) bond motifs is 3. The fourth-order valence-electron chi connectivity index (χ4n) is 7.09. The predicted molar refractivity (Wildman–Crippen MR) is 159 cm³/mol. The first-order valence-corrected chi connectivity index (χ1v) is 14.9. The van der Waals surface area contributed by atoms with E-state index < -0.39 is 5.41 Å². The van der Waals surface area contributed by atoms with Crippen molar-refractivity contribution in [1.29, 1.82) is 0 Å². The second-order valence-electron chi connectivity index (χ2n) is 12.0. The van der Waals surface area contributed by atoms with Crippen LogP contribution in [0.3, 0.4) is 0 Å². The van der Waals surface area contributed by atoms with E-state index in [2.05, 4.69) is 75.7 Å². The van der Waals surface area contributed by atoms with Crippen LogP contribution >= 0.6 is 23.2 Å². The molecule has 2 aromatic heterocycles. The quantitative estimate of drug-likeness (QED) is 0.322. The number of nitrogens with one attached hydrogen (secondary N) is 2. The van der Waals surface area contributed by atoms with Crippen LogP contribution in [0.15, 0.2) is 18.3 Å². The van der Waals surface area contributed by atoms with Gasteiger partial charge in [-0.1, -0.05) is 44.5 Å². The first-order chi connectivity index (χ1) is 19.9. The third-order valence-corrected chi connectivity index (χ3v) is 9.35. The van der Waals surface area contributed by atoms with Gasteiger partial charge in [-0.15, -0.1) is 5.10 Å². The Morgan fingerprint density at radius 2 is 1.88 bits per heavy atom. The summed E-state index contributed by atoms with van der Waals surface area (Å²) >= 11 is 11.7. The van der Waals surface area contributed by atoms with Crippen LogP contribution in [0.2, 0.25) is 10.6 Å². The van der Waals surface area contributed by atoms with Gasteiger partial charge in [-0.3, -0.25) is 9.59 Å². The number of benzene rings is 1. The molecular formula is C29H36Cl2N8O3. The summed E-state index contributed by atoms with van der Waals surface area (Å²) in [6.07, 6.45) is 6.09. The van der Waals surface area contributed by atoms with Gasteiger partial charge in [-0.25, -0.2) is 4.68 Å². The predicted octanol–water partition coefficient (Wildman–Crippen LogP) is 5.33. The fraction of sp³-hybridized carbons (Fsp3) is 0.552. The number of halogens is 2. The van der Waals surface area contributed by atoms with E-state index in [1.165, 1.54) is 22.9 Å². The lowest BCUT2D eigenvalue weighted by Crippen LogP contribution is -2.52.